The Hall–Kier alpha value is -2.21. The van der Waals surface area contributed by atoms with E-state index in [4.69, 9.17) is 0 Å². The molecule has 2 aromatic rings. The van der Waals surface area contributed by atoms with E-state index in [1.54, 1.807) is 12.1 Å². The van der Waals surface area contributed by atoms with E-state index < -0.39 is 0 Å². The van der Waals surface area contributed by atoms with Crippen LogP contribution < -0.4 is 4.90 Å². The van der Waals surface area contributed by atoms with E-state index in [2.05, 4.69) is 9.88 Å². The van der Waals surface area contributed by atoms with Crippen LogP contribution in [0.5, 0.6) is 0 Å². The summed E-state index contributed by atoms with van der Waals surface area (Å²) >= 11 is 0. The lowest BCUT2D eigenvalue weighted by molar-refractivity contribution is -0.384. The van der Waals surface area contributed by atoms with Gasteiger partial charge in [-0.2, -0.15) is 0 Å². The number of non-ortho nitro benzene ring substituents is 1. The maximum atomic E-state index is 11.0. The number of fused-ring (bicyclic) bond motifs is 1. The molecule has 1 aromatic heterocycles. The number of benzene rings is 1. The monoisotopic (exact) mass is 287 g/mol. The number of aryl methyl sites for hydroxylation is 1. The Bertz CT molecular complexity index is 702. The zero-order chi connectivity index (χ0) is 15.0. The molecule has 0 bridgehead atoms. The van der Waals surface area contributed by atoms with Crippen molar-refractivity contribution in [1.82, 2.24) is 4.98 Å². The van der Waals surface area contributed by atoms with E-state index in [9.17, 15) is 15.2 Å². The molecule has 0 aliphatic carbocycles. The number of pyridine rings is 1. The van der Waals surface area contributed by atoms with Gasteiger partial charge in [0.25, 0.3) is 5.69 Å². The number of hydrogen-bond acceptors (Lipinski definition) is 5. The molecular weight excluding hydrogens is 270 g/mol. The summed E-state index contributed by atoms with van der Waals surface area (Å²) < 4.78 is 0. The lowest BCUT2D eigenvalue weighted by atomic mass is 10.1. The summed E-state index contributed by atoms with van der Waals surface area (Å²) in [6.07, 6.45) is 0.939. The first-order chi connectivity index (χ1) is 10.1. The van der Waals surface area contributed by atoms with Gasteiger partial charge in [-0.1, -0.05) is 0 Å². The Labute approximate surface area is 122 Å². The van der Waals surface area contributed by atoms with Gasteiger partial charge in [0, 0.05) is 54.5 Å². The number of aliphatic hydroxyl groups is 1. The van der Waals surface area contributed by atoms with Gasteiger partial charge in [-0.3, -0.25) is 15.1 Å². The summed E-state index contributed by atoms with van der Waals surface area (Å²) in [5, 5.41) is 21.1. The highest BCUT2D eigenvalue weighted by molar-refractivity contribution is 5.93. The van der Waals surface area contributed by atoms with Gasteiger partial charge in [0.05, 0.1) is 10.4 Å². The number of aromatic nitrogens is 1. The van der Waals surface area contributed by atoms with Crippen LogP contribution in [-0.4, -0.2) is 34.7 Å². The van der Waals surface area contributed by atoms with Crippen LogP contribution in [0.2, 0.25) is 0 Å². The second-order valence-electron chi connectivity index (χ2n) is 5.52. The molecular formula is C15H17N3O3. The van der Waals surface area contributed by atoms with Crippen molar-refractivity contribution >= 4 is 22.3 Å². The van der Waals surface area contributed by atoms with Crippen LogP contribution >= 0.6 is 0 Å². The third-order valence-corrected chi connectivity index (χ3v) is 3.99. The molecule has 0 spiro atoms. The molecule has 6 nitrogen and oxygen atoms in total. The zero-order valence-corrected chi connectivity index (χ0v) is 11.8. The van der Waals surface area contributed by atoms with Crippen LogP contribution in [0.4, 0.5) is 11.4 Å². The van der Waals surface area contributed by atoms with Crippen molar-refractivity contribution in [2.75, 3.05) is 24.6 Å². The van der Waals surface area contributed by atoms with Gasteiger partial charge in [0.1, 0.15) is 0 Å². The summed E-state index contributed by atoms with van der Waals surface area (Å²) in [5.41, 5.74) is 2.70. The molecule has 1 saturated heterocycles. The number of nitro groups is 1. The van der Waals surface area contributed by atoms with Crippen LogP contribution in [0, 0.1) is 23.0 Å². The van der Waals surface area contributed by atoms with Gasteiger partial charge in [-0.05, 0) is 25.5 Å². The van der Waals surface area contributed by atoms with Crippen molar-refractivity contribution in [1.29, 1.82) is 0 Å². The highest BCUT2D eigenvalue weighted by atomic mass is 16.6. The average molecular weight is 287 g/mol. The van der Waals surface area contributed by atoms with E-state index in [0.29, 0.717) is 0 Å². The molecule has 1 aromatic carbocycles. The second kappa shape index (κ2) is 5.29. The van der Waals surface area contributed by atoms with E-state index in [0.717, 1.165) is 41.8 Å². The Kier molecular flexibility index (Phi) is 3.47. The normalized spacial score (nSPS) is 18.4. The molecule has 21 heavy (non-hydrogen) atoms. The van der Waals surface area contributed by atoms with E-state index in [1.807, 2.05) is 13.0 Å². The maximum absolute atomic E-state index is 11.0. The van der Waals surface area contributed by atoms with E-state index in [-0.39, 0.29) is 23.1 Å². The molecule has 1 atom stereocenters. The first kappa shape index (κ1) is 13.8. The Balaban J connectivity index is 2.11. The van der Waals surface area contributed by atoms with Crippen molar-refractivity contribution in [3.63, 3.8) is 0 Å². The average Bonchev–Trinajstić information content (AvgIpc) is 2.94. The number of aliphatic hydroxyl groups excluding tert-OH is 1. The third kappa shape index (κ3) is 2.54. The zero-order valence-electron chi connectivity index (χ0n) is 11.8. The highest BCUT2D eigenvalue weighted by Gasteiger charge is 2.24. The molecule has 2 heterocycles. The largest absolute Gasteiger partial charge is 0.396 e. The van der Waals surface area contributed by atoms with Crippen LogP contribution in [0.3, 0.4) is 0 Å². The molecule has 1 aliphatic heterocycles. The molecule has 1 aliphatic rings. The summed E-state index contributed by atoms with van der Waals surface area (Å²) in [5.74, 6) is 0.271. The van der Waals surface area contributed by atoms with Gasteiger partial charge in [0.15, 0.2) is 0 Å². The smallest absolute Gasteiger partial charge is 0.270 e. The maximum Gasteiger partial charge on any atom is 0.270 e. The van der Waals surface area contributed by atoms with Crippen molar-refractivity contribution in [2.45, 2.75) is 13.3 Å². The fourth-order valence-electron chi connectivity index (χ4n) is 2.90. The number of rotatable bonds is 3. The molecule has 110 valence electrons. The summed E-state index contributed by atoms with van der Waals surface area (Å²) in [6.45, 7) is 3.73. The molecule has 1 N–H and O–H groups in total. The lowest BCUT2D eigenvalue weighted by Gasteiger charge is -2.21. The van der Waals surface area contributed by atoms with Gasteiger partial charge in [0.2, 0.25) is 0 Å². The molecule has 6 heteroatoms. The molecule has 0 amide bonds. The number of nitro benzene ring substituents is 1. The highest BCUT2D eigenvalue weighted by Crippen LogP contribution is 2.32. The van der Waals surface area contributed by atoms with Crippen molar-refractivity contribution in [2.24, 2.45) is 5.92 Å². The molecule has 3 rings (SSSR count). The van der Waals surface area contributed by atoms with Gasteiger partial charge in [-0.15, -0.1) is 0 Å². The fourth-order valence-corrected chi connectivity index (χ4v) is 2.90. The Morgan fingerprint density at radius 1 is 1.48 bits per heavy atom. The molecule has 0 saturated carbocycles. The first-order valence-electron chi connectivity index (χ1n) is 7.00. The predicted molar refractivity (Wildman–Crippen MR) is 80.5 cm³/mol. The van der Waals surface area contributed by atoms with Gasteiger partial charge < -0.3 is 10.0 Å². The van der Waals surface area contributed by atoms with Crippen molar-refractivity contribution < 1.29 is 10.0 Å². The number of nitrogens with zero attached hydrogens (tertiary/aromatic N) is 3. The number of anilines is 1. The Morgan fingerprint density at radius 3 is 2.95 bits per heavy atom. The second-order valence-corrected chi connectivity index (χ2v) is 5.52. The SMILES string of the molecule is Cc1cc(N2CCC(CO)C2)c2cc([N+](=O)[O-])ccc2n1. The first-order valence-corrected chi connectivity index (χ1v) is 7.00. The third-order valence-electron chi connectivity index (χ3n) is 3.99. The van der Waals surface area contributed by atoms with Gasteiger partial charge >= 0.3 is 0 Å². The molecule has 1 fully saturated rings. The summed E-state index contributed by atoms with van der Waals surface area (Å²) in [4.78, 5) is 17.2. The van der Waals surface area contributed by atoms with Crippen LogP contribution in [0.1, 0.15) is 12.1 Å². The lowest BCUT2D eigenvalue weighted by Crippen LogP contribution is -2.21. The topological polar surface area (TPSA) is 79.5 Å². The Morgan fingerprint density at radius 2 is 2.29 bits per heavy atom. The van der Waals surface area contributed by atoms with Gasteiger partial charge in [-0.25, -0.2) is 0 Å². The van der Waals surface area contributed by atoms with E-state index in [1.165, 1.54) is 6.07 Å². The van der Waals surface area contributed by atoms with Crippen LogP contribution in [0.15, 0.2) is 24.3 Å². The van der Waals surface area contributed by atoms with Crippen molar-refractivity contribution in [3.05, 3.63) is 40.1 Å². The van der Waals surface area contributed by atoms with Crippen molar-refractivity contribution in [3.8, 4) is 0 Å². The molecule has 1 unspecified atom stereocenters. The minimum absolute atomic E-state index is 0.0762. The molecule has 0 radical (unpaired) electrons. The fraction of sp³-hybridized carbons (Fsp3) is 0.400. The standard InChI is InChI=1S/C15H17N3O3/c1-10-6-15(17-5-4-11(8-17)9-19)13-7-12(18(20)21)2-3-14(13)16-10/h2-3,6-7,11,19H,4-5,8-9H2,1H3. The summed E-state index contributed by atoms with van der Waals surface area (Å²) in [6, 6.07) is 6.73. The van der Waals surface area contributed by atoms with Crippen LogP contribution in [-0.2, 0) is 0 Å². The van der Waals surface area contributed by atoms with Crippen LogP contribution in [0.25, 0.3) is 10.9 Å². The quantitative estimate of drug-likeness (QED) is 0.692. The minimum atomic E-state index is -0.385. The minimum Gasteiger partial charge on any atom is -0.396 e. The van der Waals surface area contributed by atoms with E-state index >= 15 is 0 Å². The number of hydrogen-bond donors (Lipinski definition) is 1. The predicted octanol–water partition coefficient (Wildman–Crippen LogP) is 2.27. The summed E-state index contributed by atoms with van der Waals surface area (Å²) in [7, 11) is 0.